The number of rotatable bonds is 6. The molecule has 0 radical (unpaired) electrons. The van der Waals surface area contributed by atoms with E-state index in [-0.39, 0.29) is 23.0 Å². The number of nitro benzene ring substituents is 1. The van der Waals surface area contributed by atoms with E-state index < -0.39 is 16.1 Å². The molecule has 0 aliphatic carbocycles. The Labute approximate surface area is 199 Å². The van der Waals surface area contributed by atoms with Crippen molar-refractivity contribution in [2.75, 3.05) is 5.43 Å². The molecule has 0 unspecified atom stereocenters. The van der Waals surface area contributed by atoms with Crippen molar-refractivity contribution in [3.05, 3.63) is 104 Å². The topological polar surface area (TPSA) is 115 Å². The minimum atomic E-state index is -0.509. The molecule has 1 fully saturated rings. The van der Waals surface area contributed by atoms with Crippen molar-refractivity contribution in [1.82, 2.24) is 9.58 Å². The summed E-state index contributed by atoms with van der Waals surface area (Å²) in [5.74, 6) is -0.705. The third kappa shape index (κ3) is 4.62. The van der Waals surface area contributed by atoms with Crippen LogP contribution in [0, 0.1) is 24.0 Å². The zero-order valence-corrected chi connectivity index (χ0v) is 19.2. The van der Waals surface area contributed by atoms with Crippen LogP contribution in [-0.2, 0) is 11.3 Å². The summed E-state index contributed by atoms with van der Waals surface area (Å²) in [6.45, 7) is 3.66. The summed E-state index contributed by atoms with van der Waals surface area (Å²) in [6, 6.07) is 16.4. The molecule has 1 saturated heterocycles. The molecule has 9 nitrogen and oxygen atoms in total. The van der Waals surface area contributed by atoms with Crippen molar-refractivity contribution in [2.24, 2.45) is 0 Å². The number of hydrogen-bond donors (Lipinski definition) is 1. The largest absolute Gasteiger partial charge is 0.293 e. The minimum Gasteiger partial charge on any atom is -0.268 e. The Morgan fingerprint density at radius 2 is 1.76 bits per heavy atom. The first kappa shape index (κ1) is 23.0. The van der Waals surface area contributed by atoms with Crippen LogP contribution in [0.2, 0.25) is 0 Å². The van der Waals surface area contributed by atoms with Crippen molar-refractivity contribution in [3.8, 4) is 0 Å². The lowest BCUT2D eigenvalue weighted by atomic mass is 10.2. The zero-order valence-electron chi connectivity index (χ0n) is 18.3. The van der Waals surface area contributed by atoms with E-state index in [0.717, 1.165) is 22.4 Å². The quantitative estimate of drug-likeness (QED) is 0.315. The van der Waals surface area contributed by atoms with E-state index in [2.05, 4.69) is 5.43 Å². The first-order valence-electron chi connectivity index (χ1n) is 10.3. The van der Waals surface area contributed by atoms with Gasteiger partial charge in [-0.25, -0.2) is 0 Å². The monoisotopic (exact) mass is 476 g/mol. The van der Waals surface area contributed by atoms with E-state index in [1.54, 1.807) is 35.0 Å². The summed E-state index contributed by atoms with van der Waals surface area (Å²) in [6.07, 6.45) is 1.63. The second-order valence-corrected chi connectivity index (χ2v) is 8.65. The summed E-state index contributed by atoms with van der Waals surface area (Å²) >= 11 is 0.832. The number of nitrogens with zero attached hydrogens (tertiary/aromatic N) is 3. The predicted molar refractivity (Wildman–Crippen MR) is 129 cm³/mol. The van der Waals surface area contributed by atoms with Crippen LogP contribution in [0.4, 0.5) is 10.5 Å². The number of hydrogen-bond acceptors (Lipinski definition) is 6. The molecule has 3 aromatic rings. The molecule has 2 aromatic carbocycles. The Morgan fingerprint density at radius 1 is 1.09 bits per heavy atom. The molecule has 10 heteroatoms. The number of nitro groups is 1. The Hall–Kier alpha value is -4.18. The molecular formula is C24H20N4O5S. The van der Waals surface area contributed by atoms with Gasteiger partial charge in [0, 0.05) is 29.1 Å². The van der Waals surface area contributed by atoms with Gasteiger partial charge in [-0.3, -0.25) is 39.5 Å². The van der Waals surface area contributed by atoms with E-state index in [4.69, 9.17) is 0 Å². The highest BCUT2D eigenvalue weighted by Gasteiger charge is 2.35. The van der Waals surface area contributed by atoms with Crippen molar-refractivity contribution in [3.63, 3.8) is 0 Å². The normalized spacial score (nSPS) is 14.6. The van der Waals surface area contributed by atoms with Gasteiger partial charge in [0.05, 0.1) is 16.4 Å². The molecule has 172 valence electrons. The van der Waals surface area contributed by atoms with Crippen molar-refractivity contribution in [2.45, 2.75) is 20.4 Å². The maximum atomic E-state index is 12.9. The number of thioether (sulfide) groups is 1. The summed E-state index contributed by atoms with van der Waals surface area (Å²) < 4.78 is 1.64. The van der Waals surface area contributed by atoms with E-state index in [1.807, 2.05) is 26.0 Å². The fourth-order valence-corrected chi connectivity index (χ4v) is 4.37. The summed E-state index contributed by atoms with van der Waals surface area (Å²) in [5.41, 5.74) is 6.08. The Kier molecular flexibility index (Phi) is 6.33. The molecule has 0 atom stereocenters. The van der Waals surface area contributed by atoms with Crippen LogP contribution in [0.25, 0.3) is 6.08 Å². The SMILES string of the molecule is Cc1cc(/C=C2\SC(=O)N(Cc3ccc([N+](=O)[O-])cc3)C2=O)c(C)n1NC(=O)c1ccccc1. The molecule has 1 aromatic heterocycles. The lowest BCUT2D eigenvalue weighted by Crippen LogP contribution is -2.27. The molecule has 4 rings (SSSR count). The number of nitrogens with one attached hydrogen (secondary N) is 1. The number of aromatic nitrogens is 1. The van der Waals surface area contributed by atoms with Crippen molar-refractivity contribution in [1.29, 1.82) is 0 Å². The summed E-state index contributed by atoms with van der Waals surface area (Å²) in [7, 11) is 0. The van der Waals surface area contributed by atoms with Gasteiger partial charge >= 0.3 is 0 Å². The van der Waals surface area contributed by atoms with E-state index in [1.165, 1.54) is 24.3 Å². The molecule has 1 aliphatic rings. The Morgan fingerprint density at radius 3 is 2.41 bits per heavy atom. The maximum Gasteiger partial charge on any atom is 0.293 e. The summed E-state index contributed by atoms with van der Waals surface area (Å²) in [4.78, 5) is 49.6. The van der Waals surface area contributed by atoms with Gasteiger partial charge in [-0.05, 0) is 61.0 Å². The number of carbonyl (C=O) groups excluding carboxylic acids is 3. The van der Waals surface area contributed by atoms with E-state index in [9.17, 15) is 24.5 Å². The average Bonchev–Trinajstić information content (AvgIpc) is 3.24. The number of amides is 3. The molecule has 1 aliphatic heterocycles. The van der Waals surface area contributed by atoms with Crippen molar-refractivity contribution >= 4 is 40.6 Å². The lowest BCUT2D eigenvalue weighted by molar-refractivity contribution is -0.384. The van der Waals surface area contributed by atoms with Gasteiger partial charge in [0.15, 0.2) is 0 Å². The van der Waals surface area contributed by atoms with Crippen LogP contribution in [0.3, 0.4) is 0 Å². The fraction of sp³-hybridized carbons (Fsp3) is 0.125. The molecular weight excluding hydrogens is 456 g/mol. The van der Waals surface area contributed by atoms with Crippen molar-refractivity contribution < 1.29 is 19.3 Å². The van der Waals surface area contributed by atoms with Gasteiger partial charge in [-0.1, -0.05) is 30.3 Å². The molecule has 2 heterocycles. The van der Waals surface area contributed by atoms with Crippen LogP contribution in [0.1, 0.15) is 32.9 Å². The van der Waals surface area contributed by atoms with Gasteiger partial charge in [0.1, 0.15) is 0 Å². The number of aryl methyl sites for hydroxylation is 1. The molecule has 34 heavy (non-hydrogen) atoms. The van der Waals surface area contributed by atoms with Crippen LogP contribution in [0.15, 0.2) is 65.6 Å². The number of carbonyl (C=O) groups is 3. The highest BCUT2D eigenvalue weighted by molar-refractivity contribution is 8.18. The Balaban J connectivity index is 1.52. The van der Waals surface area contributed by atoms with Crippen LogP contribution in [-0.4, -0.2) is 31.6 Å². The lowest BCUT2D eigenvalue weighted by Gasteiger charge is -2.12. The average molecular weight is 477 g/mol. The maximum absolute atomic E-state index is 12.9. The second kappa shape index (κ2) is 9.36. The van der Waals surface area contributed by atoms with Gasteiger partial charge in [0.2, 0.25) is 0 Å². The molecule has 0 saturated carbocycles. The van der Waals surface area contributed by atoms with Crippen LogP contribution < -0.4 is 5.43 Å². The standard InChI is InChI=1S/C24H20N4O5S/c1-15-12-19(16(2)27(15)25-22(29)18-6-4-3-5-7-18)13-21-23(30)26(24(31)34-21)14-17-8-10-20(11-9-17)28(32)33/h3-13H,14H2,1-2H3,(H,25,29)/b21-13-. The molecule has 0 spiro atoms. The fourth-order valence-electron chi connectivity index (χ4n) is 3.54. The first-order valence-corrected chi connectivity index (χ1v) is 11.1. The molecule has 0 bridgehead atoms. The summed E-state index contributed by atoms with van der Waals surface area (Å²) in [5, 5.41) is 10.4. The predicted octanol–water partition coefficient (Wildman–Crippen LogP) is 4.63. The van der Waals surface area contributed by atoms with E-state index in [0.29, 0.717) is 22.4 Å². The minimum absolute atomic E-state index is 0.0200. The van der Waals surface area contributed by atoms with Gasteiger partial charge in [-0.15, -0.1) is 0 Å². The van der Waals surface area contributed by atoms with Gasteiger partial charge in [0.25, 0.3) is 22.7 Å². The second-order valence-electron chi connectivity index (χ2n) is 7.66. The van der Waals surface area contributed by atoms with Gasteiger partial charge < -0.3 is 0 Å². The van der Waals surface area contributed by atoms with E-state index >= 15 is 0 Å². The zero-order chi connectivity index (χ0) is 24.4. The third-order valence-corrected chi connectivity index (χ3v) is 6.28. The number of non-ortho nitro benzene ring substituents is 1. The highest BCUT2D eigenvalue weighted by Crippen LogP contribution is 2.34. The molecule has 3 amide bonds. The van der Waals surface area contributed by atoms with Crippen LogP contribution in [0.5, 0.6) is 0 Å². The highest BCUT2D eigenvalue weighted by atomic mass is 32.2. The van der Waals surface area contributed by atoms with Gasteiger partial charge in [-0.2, -0.15) is 0 Å². The Bertz CT molecular complexity index is 1330. The number of imide groups is 1. The smallest absolute Gasteiger partial charge is 0.268 e. The third-order valence-electron chi connectivity index (χ3n) is 5.37. The number of benzene rings is 2. The van der Waals surface area contributed by atoms with Crippen LogP contribution >= 0.6 is 11.8 Å². The first-order chi connectivity index (χ1) is 16.2. The molecule has 1 N–H and O–H groups in total.